The summed E-state index contributed by atoms with van der Waals surface area (Å²) in [7, 11) is 1.31. The molecule has 3 aromatic rings. The van der Waals surface area contributed by atoms with Gasteiger partial charge in [-0.3, -0.25) is 9.59 Å². The molecule has 196 valence electrons. The number of methoxy groups -OCH3 is 1. The molecule has 0 radical (unpaired) electrons. The van der Waals surface area contributed by atoms with Gasteiger partial charge in [-0.05, 0) is 46.5 Å². The molecular weight excluding hydrogens is 501 g/mol. The van der Waals surface area contributed by atoms with Gasteiger partial charge in [-0.25, -0.2) is 0 Å². The molecule has 3 atom stereocenters. The first-order valence-electron chi connectivity index (χ1n) is 13.0. The third-order valence-corrected chi connectivity index (χ3v) is 8.87. The van der Waals surface area contributed by atoms with Gasteiger partial charge in [0.25, 0.3) is 0 Å². The molecule has 2 aliphatic heterocycles. The molecule has 0 amide bonds. The van der Waals surface area contributed by atoms with E-state index in [9.17, 15) is 9.59 Å². The summed E-state index contributed by atoms with van der Waals surface area (Å²) in [4.78, 5) is 41.5. The summed E-state index contributed by atoms with van der Waals surface area (Å²) >= 11 is 0. The predicted molar refractivity (Wildman–Crippen MR) is 152 cm³/mol. The van der Waals surface area contributed by atoms with E-state index in [-0.39, 0.29) is 40.7 Å². The van der Waals surface area contributed by atoms with E-state index >= 15 is 0 Å². The van der Waals surface area contributed by atoms with Gasteiger partial charge >= 0.3 is 29.0 Å². The number of rotatable bonds is 1. The number of carbonyl (C=O) groups is 2. The van der Waals surface area contributed by atoms with E-state index in [4.69, 9.17) is 25.0 Å². The Balaban J connectivity index is 0.00000308. The Hall–Kier alpha value is -3.23. The number of hydrogen-bond donors (Lipinski definition) is 0. The summed E-state index contributed by atoms with van der Waals surface area (Å²) in [5.41, 5.74) is 10.7. The molecule has 0 saturated carbocycles. The fourth-order valence-corrected chi connectivity index (χ4v) is 5.86. The molecule has 1 aliphatic carbocycles. The van der Waals surface area contributed by atoms with Crippen LogP contribution in [0.15, 0.2) is 11.4 Å². The summed E-state index contributed by atoms with van der Waals surface area (Å²) in [6, 6.07) is 0. The first-order chi connectivity index (χ1) is 18.0. The minimum Gasteiger partial charge on any atom is -0.664 e. The normalized spacial score (nSPS) is 26.1. The van der Waals surface area contributed by atoms with Crippen molar-refractivity contribution in [2.75, 3.05) is 7.11 Å². The van der Waals surface area contributed by atoms with Gasteiger partial charge < -0.3 is 25.0 Å². The Kier molecular flexibility index (Phi) is 6.62. The Morgan fingerprint density at radius 3 is 1.92 bits per heavy atom. The second-order valence-electron chi connectivity index (χ2n) is 10.8. The topological polar surface area (TPSA) is 99.8 Å². The number of allylic oxidation sites excluding steroid dienone is 2. The van der Waals surface area contributed by atoms with Gasteiger partial charge in [0.05, 0.1) is 7.11 Å². The van der Waals surface area contributed by atoms with Crippen molar-refractivity contribution in [1.82, 2.24) is 15.0 Å². The van der Waals surface area contributed by atoms with Gasteiger partial charge in [0.1, 0.15) is 5.92 Å². The standard InChI is InChI=1S/C31H31N4O3.Mg/c1-12-14(3)21-10-23-16(5)17(6)28(34-23)26-27(31(37)38-8)30(36)25-18(7)24(35-29(25)26)11-22-15(4)13(2)20(33-22)9-19(12)32-21;/h9-11,16-17,27H,1-8H3,(H-,34,35,36);/q-3;+2/p-1/b20-9-,22-11-,23-10-;/t16-,17-,27+;/m0./s1. The van der Waals surface area contributed by atoms with Gasteiger partial charge in [-0.15, -0.1) is 33.5 Å². The van der Waals surface area contributed by atoms with E-state index in [1.54, 1.807) is 0 Å². The maximum absolute atomic E-state index is 13.7. The molecule has 39 heavy (non-hydrogen) atoms. The maximum atomic E-state index is 13.7. The van der Waals surface area contributed by atoms with Gasteiger partial charge in [0.2, 0.25) is 0 Å². The summed E-state index contributed by atoms with van der Waals surface area (Å²) < 4.78 is 5.09. The fraction of sp³-hybridized carbons (Fsp3) is 0.355. The van der Waals surface area contributed by atoms with Crippen LogP contribution < -0.4 is 25.7 Å². The van der Waals surface area contributed by atoms with Gasteiger partial charge in [-0.1, -0.05) is 65.5 Å². The monoisotopic (exact) mass is 530 g/mol. The van der Waals surface area contributed by atoms with Crippen LogP contribution in [-0.2, 0) is 9.53 Å². The first-order valence-corrected chi connectivity index (χ1v) is 13.0. The molecule has 1 saturated heterocycles. The van der Waals surface area contributed by atoms with Crippen LogP contribution in [0, 0.1) is 52.4 Å². The molecule has 0 spiro atoms. The molecular formula is C31H30MgN4O3-2. The van der Waals surface area contributed by atoms with Crippen molar-refractivity contribution < 1.29 is 14.3 Å². The van der Waals surface area contributed by atoms with Crippen molar-refractivity contribution in [3.63, 3.8) is 0 Å². The number of nitrogens with zero attached hydrogens (tertiary/aromatic N) is 4. The van der Waals surface area contributed by atoms with E-state index < -0.39 is 11.9 Å². The average Bonchev–Trinajstić information content (AvgIpc) is 3.60. The van der Waals surface area contributed by atoms with Crippen LogP contribution in [0.25, 0.3) is 29.1 Å². The minimum atomic E-state index is -1.06. The first kappa shape index (κ1) is 27.3. The number of aromatic nitrogens is 3. The van der Waals surface area contributed by atoms with Crippen molar-refractivity contribution in [3.05, 3.63) is 83.6 Å². The van der Waals surface area contributed by atoms with E-state index in [0.717, 1.165) is 61.3 Å². The van der Waals surface area contributed by atoms with E-state index in [0.29, 0.717) is 22.5 Å². The SMILES string of the molecule is COC(=O)[C@H]1C(=O)c2c3[n-]c(c2C)/C=c2\[n-]/c(c(C)c2C)=C\c2[n-]c(c(C)c2C)/C=C2\[N-]/C(=C\31)[C@@H](C)[C@@H]2C.[Mg+2]. The fourth-order valence-electron chi connectivity index (χ4n) is 5.86. The number of hydrogen-bond acceptors (Lipinski definition) is 3. The second-order valence-corrected chi connectivity index (χ2v) is 10.8. The smallest absolute Gasteiger partial charge is 0.664 e. The van der Waals surface area contributed by atoms with Gasteiger partial charge in [-0.2, -0.15) is 11.4 Å². The number of ether oxygens (including phenoxy) is 1. The van der Waals surface area contributed by atoms with Crippen LogP contribution in [0.4, 0.5) is 0 Å². The average molecular weight is 531 g/mol. The molecule has 8 bridgehead atoms. The number of ketones is 1. The largest absolute Gasteiger partial charge is 2.00 e. The zero-order chi connectivity index (χ0) is 27.2. The Labute approximate surface area is 244 Å². The van der Waals surface area contributed by atoms with Crippen LogP contribution in [-0.4, -0.2) is 41.9 Å². The Bertz CT molecular complexity index is 1760. The molecule has 1 fully saturated rings. The molecule has 0 N–H and O–H groups in total. The van der Waals surface area contributed by atoms with E-state index in [1.165, 1.54) is 7.11 Å². The molecule has 7 nitrogen and oxygen atoms in total. The zero-order valence-corrected chi connectivity index (χ0v) is 25.1. The molecule has 0 unspecified atom stereocenters. The van der Waals surface area contributed by atoms with Gasteiger partial charge in [0, 0.05) is 5.56 Å². The molecule has 5 heterocycles. The summed E-state index contributed by atoms with van der Waals surface area (Å²) in [5, 5.41) is 6.72. The molecule has 0 aromatic carbocycles. The van der Waals surface area contributed by atoms with Crippen LogP contribution in [0.1, 0.15) is 74.8 Å². The number of fused-ring (bicyclic) bond motifs is 7. The van der Waals surface area contributed by atoms with Crippen molar-refractivity contribution in [1.29, 1.82) is 0 Å². The van der Waals surface area contributed by atoms with Crippen LogP contribution in [0.3, 0.4) is 0 Å². The third kappa shape index (κ3) is 3.83. The van der Waals surface area contributed by atoms with E-state index in [1.807, 2.05) is 32.1 Å². The van der Waals surface area contributed by atoms with Crippen molar-refractivity contribution >= 4 is 58.6 Å². The zero-order valence-electron chi connectivity index (χ0n) is 23.7. The van der Waals surface area contributed by atoms with Crippen LogP contribution >= 0.6 is 0 Å². The summed E-state index contributed by atoms with van der Waals surface area (Å²) in [6.07, 6.45) is 6.02. The van der Waals surface area contributed by atoms with Crippen molar-refractivity contribution in [3.8, 4) is 0 Å². The van der Waals surface area contributed by atoms with E-state index in [2.05, 4.69) is 34.6 Å². The molecule has 3 aromatic heterocycles. The molecule has 6 rings (SSSR count). The quantitative estimate of drug-likeness (QED) is 0.272. The molecule has 8 heteroatoms. The van der Waals surface area contributed by atoms with Crippen LogP contribution in [0.5, 0.6) is 0 Å². The Morgan fingerprint density at radius 2 is 1.33 bits per heavy atom. The number of carbonyl (C=O) groups excluding carboxylic acids is 2. The predicted octanol–water partition coefficient (Wildman–Crippen LogP) is 3.09. The number of esters is 1. The second kappa shape index (κ2) is 9.45. The number of Topliss-reactive ketones (excluding diaryl/α,β-unsaturated/α-hetero) is 1. The third-order valence-electron chi connectivity index (χ3n) is 8.87. The Morgan fingerprint density at radius 1 is 0.769 bits per heavy atom. The van der Waals surface area contributed by atoms with Crippen molar-refractivity contribution in [2.45, 2.75) is 48.5 Å². The van der Waals surface area contributed by atoms with Crippen LogP contribution in [0.2, 0.25) is 0 Å². The molecule has 3 aliphatic rings. The maximum Gasteiger partial charge on any atom is 2.00 e. The van der Waals surface area contributed by atoms with Crippen molar-refractivity contribution in [2.24, 2.45) is 17.8 Å². The van der Waals surface area contributed by atoms with Gasteiger partial charge in [0.15, 0.2) is 5.78 Å². The minimum absolute atomic E-state index is 0. The summed E-state index contributed by atoms with van der Waals surface area (Å²) in [6.45, 7) is 14.4. The summed E-state index contributed by atoms with van der Waals surface area (Å²) in [5.74, 6) is -1.88.